The molecular weight excluding hydrogens is 400 g/mol. The lowest BCUT2D eigenvalue weighted by molar-refractivity contribution is -0.134. The first-order valence-corrected chi connectivity index (χ1v) is 11.1. The van der Waals surface area contributed by atoms with E-state index in [0.717, 1.165) is 64.9 Å². The Morgan fingerprint density at radius 3 is 2.97 bits per heavy atom. The zero-order valence-corrected chi connectivity index (χ0v) is 18.1. The topological polar surface area (TPSA) is 96.8 Å². The van der Waals surface area contributed by atoms with Crippen LogP contribution in [0, 0.1) is 24.2 Å². The van der Waals surface area contributed by atoms with Crippen molar-refractivity contribution in [2.45, 2.75) is 19.8 Å². The summed E-state index contributed by atoms with van der Waals surface area (Å²) in [6.45, 7) is 5.05. The molecule has 1 fully saturated rings. The van der Waals surface area contributed by atoms with Crippen molar-refractivity contribution in [2.24, 2.45) is 5.92 Å². The highest BCUT2D eigenvalue weighted by molar-refractivity contribution is 5.91. The molecule has 1 atom stereocenters. The second-order valence-electron chi connectivity index (χ2n) is 8.48. The third kappa shape index (κ3) is 3.63. The van der Waals surface area contributed by atoms with E-state index in [9.17, 15) is 10.1 Å². The number of H-pyrrole nitrogens is 1. The van der Waals surface area contributed by atoms with Gasteiger partial charge in [-0.1, -0.05) is 6.08 Å². The molecule has 0 saturated carbocycles. The van der Waals surface area contributed by atoms with Crippen molar-refractivity contribution in [3.05, 3.63) is 59.6 Å². The van der Waals surface area contributed by atoms with Gasteiger partial charge in [-0.05, 0) is 55.6 Å². The van der Waals surface area contributed by atoms with Crippen LogP contribution in [0.25, 0.3) is 16.5 Å². The molecule has 2 aliphatic rings. The van der Waals surface area contributed by atoms with E-state index >= 15 is 0 Å². The van der Waals surface area contributed by atoms with Crippen LogP contribution in [0.1, 0.15) is 29.5 Å². The van der Waals surface area contributed by atoms with Gasteiger partial charge in [-0.25, -0.2) is 0 Å². The fourth-order valence-electron chi connectivity index (χ4n) is 4.72. The molecule has 32 heavy (non-hydrogen) atoms. The van der Waals surface area contributed by atoms with E-state index in [4.69, 9.17) is 0 Å². The molecular formula is C25H26N6O. The number of pyridine rings is 1. The maximum absolute atomic E-state index is 12.8. The standard InChI is InChI=1S/C25H26N6O/c1-16-20-5-9-29-23(20)3-2-22(16)30-24-19(12-26)14-28-15-21(24)17-6-10-31(11-7-17)25(32)18-4-8-27-13-18/h2-3,5-6,9,14-15,18,27,29H,4,7-8,10-11,13H2,1H3,(H,28,30). The van der Waals surface area contributed by atoms with Gasteiger partial charge in [0, 0.05) is 60.4 Å². The van der Waals surface area contributed by atoms with Gasteiger partial charge in [-0.2, -0.15) is 5.26 Å². The van der Waals surface area contributed by atoms with Crippen LogP contribution in [0.5, 0.6) is 0 Å². The molecule has 5 rings (SSSR count). The fourth-order valence-corrected chi connectivity index (χ4v) is 4.72. The predicted octanol–water partition coefficient (Wildman–Crippen LogP) is 3.71. The summed E-state index contributed by atoms with van der Waals surface area (Å²) < 4.78 is 0. The maximum atomic E-state index is 12.8. The Kier molecular flexibility index (Phi) is 5.38. The normalized spacial score (nSPS) is 18.4. The van der Waals surface area contributed by atoms with E-state index in [1.165, 1.54) is 0 Å². The molecule has 162 valence electrons. The smallest absolute Gasteiger partial charge is 0.227 e. The third-order valence-electron chi connectivity index (χ3n) is 6.61. The average Bonchev–Trinajstić information content (AvgIpc) is 3.53. The lowest BCUT2D eigenvalue weighted by Crippen LogP contribution is -2.39. The number of nitrogens with zero attached hydrogens (tertiary/aromatic N) is 3. The highest BCUT2D eigenvalue weighted by Crippen LogP contribution is 2.35. The van der Waals surface area contributed by atoms with Gasteiger partial charge in [0.2, 0.25) is 5.91 Å². The summed E-state index contributed by atoms with van der Waals surface area (Å²) in [5.74, 6) is 0.333. The van der Waals surface area contributed by atoms with E-state index in [0.29, 0.717) is 18.7 Å². The predicted molar refractivity (Wildman–Crippen MR) is 125 cm³/mol. The summed E-state index contributed by atoms with van der Waals surface area (Å²) in [6, 6.07) is 8.41. The summed E-state index contributed by atoms with van der Waals surface area (Å²) in [4.78, 5) is 22.3. The van der Waals surface area contributed by atoms with Gasteiger partial charge >= 0.3 is 0 Å². The fraction of sp³-hybridized carbons (Fsp3) is 0.320. The molecule has 2 aromatic heterocycles. The number of carbonyl (C=O) groups excluding carboxylic acids is 1. The molecule has 1 amide bonds. The number of aromatic amines is 1. The molecule has 0 spiro atoms. The zero-order chi connectivity index (χ0) is 22.1. The van der Waals surface area contributed by atoms with Crippen molar-refractivity contribution >= 4 is 33.8 Å². The Bertz CT molecular complexity index is 1250. The highest BCUT2D eigenvalue weighted by atomic mass is 16.2. The second-order valence-corrected chi connectivity index (χ2v) is 8.48. The second kappa shape index (κ2) is 8.48. The van der Waals surface area contributed by atoms with E-state index in [1.54, 1.807) is 6.20 Å². The summed E-state index contributed by atoms with van der Waals surface area (Å²) in [5, 5.41) is 17.7. The number of amides is 1. The Morgan fingerprint density at radius 2 is 2.22 bits per heavy atom. The molecule has 0 radical (unpaired) electrons. The van der Waals surface area contributed by atoms with Crippen LogP contribution in [-0.2, 0) is 4.79 Å². The van der Waals surface area contributed by atoms with Crippen LogP contribution in [0.2, 0.25) is 0 Å². The van der Waals surface area contributed by atoms with E-state index in [-0.39, 0.29) is 11.8 Å². The number of nitrogens with one attached hydrogen (secondary N) is 3. The minimum absolute atomic E-state index is 0.0945. The number of carbonyl (C=O) groups is 1. The molecule has 2 aliphatic heterocycles. The Balaban J connectivity index is 1.44. The Hall–Kier alpha value is -3.63. The summed E-state index contributed by atoms with van der Waals surface area (Å²) in [7, 11) is 0. The van der Waals surface area contributed by atoms with Crippen LogP contribution >= 0.6 is 0 Å². The van der Waals surface area contributed by atoms with Crippen LogP contribution < -0.4 is 10.6 Å². The Labute approximate surface area is 187 Å². The van der Waals surface area contributed by atoms with Gasteiger partial charge in [0.1, 0.15) is 6.07 Å². The lowest BCUT2D eigenvalue weighted by atomic mass is 9.96. The molecule has 7 nitrogen and oxygen atoms in total. The Morgan fingerprint density at radius 1 is 1.31 bits per heavy atom. The van der Waals surface area contributed by atoms with Crippen LogP contribution in [0.3, 0.4) is 0 Å². The third-order valence-corrected chi connectivity index (χ3v) is 6.61. The number of hydrogen-bond acceptors (Lipinski definition) is 5. The molecule has 1 unspecified atom stereocenters. The van der Waals surface area contributed by atoms with Gasteiger partial charge in [-0.15, -0.1) is 0 Å². The number of benzene rings is 1. The maximum Gasteiger partial charge on any atom is 0.227 e. The SMILES string of the molecule is Cc1c(Nc2c(C#N)cncc2C2=CCN(C(=O)C3CCNC3)CC2)ccc2[nH]ccc12. The summed E-state index contributed by atoms with van der Waals surface area (Å²) in [5.41, 5.74) is 6.48. The first-order chi connectivity index (χ1) is 15.7. The van der Waals surface area contributed by atoms with Crippen molar-refractivity contribution in [1.82, 2.24) is 20.2 Å². The molecule has 1 aromatic carbocycles. The van der Waals surface area contributed by atoms with E-state index in [1.807, 2.05) is 29.4 Å². The number of hydrogen-bond donors (Lipinski definition) is 3. The van der Waals surface area contributed by atoms with Crippen molar-refractivity contribution in [3.8, 4) is 6.07 Å². The number of nitriles is 1. The molecule has 1 saturated heterocycles. The van der Waals surface area contributed by atoms with Crippen LogP contribution in [0.15, 0.2) is 42.9 Å². The first-order valence-electron chi connectivity index (χ1n) is 11.1. The average molecular weight is 427 g/mol. The largest absolute Gasteiger partial charge is 0.361 e. The zero-order valence-electron chi connectivity index (χ0n) is 18.1. The summed E-state index contributed by atoms with van der Waals surface area (Å²) in [6.07, 6.45) is 9.11. The molecule has 0 bridgehead atoms. The number of rotatable bonds is 4. The van der Waals surface area contributed by atoms with Crippen molar-refractivity contribution in [3.63, 3.8) is 0 Å². The number of anilines is 2. The molecule has 3 aromatic rings. The van der Waals surface area contributed by atoms with Gasteiger partial charge in [-0.3, -0.25) is 9.78 Å². The molecule has 4 heterocycles. The molecule has 3 N–H and O–H groups in total. The minimum Gasteiger partial charge on any atom is -0.361 e. The minimum atomic E-state index is 0.0945. The number of fused-ring (bicyclic) bond motifs is 1. The van der Waals surface area contributed by atoms with Crippen molar-refractivity contribution in [1.29, 1.82) is 5.26 Å². The summed E-state index contributed by atoms with van der Waals surface area (Å²) >= 11 is 0. The van der Waals surface area contributed by atoms with Crippen LogP contribution in [-0.4, -0.2) is 47.0 Å². The number of aryl methyl sites for hydroxylation is 1. The van der Waals surface area contributed by atoms with Gasteiger partial charge in [0.05, 0.1) is 17.2 Å². The van der Waals surface area contributed by atoms with Gasteiger partial charge in [0.25, 0.3) is 0 Å². The quantitative estimate of drug-likeness (QED) is 0.591. The monoisotopic (exact) mass is 426 g/mol. The van der Waals surface area contributed by atoms with E-state index < -0.39 is 0 Å². The van der Waals surface area contributed by atoms with Crippen molar-refractivity contribution in [2.75, 3.05) is 31.5 Å². The van der Waals surface area contributed by atoms with Gasteiger partial charge < -0.3 is 20.5 Å². The lowest BCUT2D eigenvalue weighted by Gasteiger charge is -2.29. The van der Waals surface area contributed by atoms with Crippen molar-refractivity contribution < 1.29 is 4.79 Å². The van der Waals surface area contributed by atoms with Crippen LogP contribution in [0.4, 0.5) is 11.4 Å². The first kappa shape index (κ1) is 20.3. The number of aromatic nitrogens is 2. The molecule has 7 heteroatoms. The highest BCUT2D eigenvalue weighted by Gasteiger charge is 2.28. The molecule has 0 aliphatic carbocycles. The van der Waals surface area contributed by atoms with Gasteiger partial charge in [0.15, 0.2) is 0 Å². The van der Waals surface area contributed by atoms with E-state index in [2.05, 4.69) is 45.7 Å².